The van der Waals surface area contributed by atoms with Gasteiger partial charge >= 0.3 is 100 Å². The zero-order valence-electron chi connectivity index (χ0n) is 9.63. The molecule has 0 aromatic heterocycles. The molecule has 0 atom stereocenters. The maximum absolute atomic E-state index is 2.28. The first-order valence-electron chi connectivity index (χ1n) is 6.18. The Balaban J connectivity index is 2.78. The molecule has 0 spiro atoms. The van der Waals surface area contributed by atoms with Crippen LogP contribution in [0.3, 0.4) is 0 Å². The van der Waals surface area contributed by atoms with E-state index in [-0.39, 0.29) is 0 Å². The topological polar surface area (TPSA) is 0 Å². The van der Waals surface area contributed by atoms with Gasteiger partial charge in [0.1, 0.15) is 0 Å². The van der Waals surface area contributed by atoms with E-state index >= 15 is 0 Å². The molecular formula is C12H25SSb. The summed E-state index contributed by atoms with van der Waals surface area (Å²) in [4.78, 5) is 0. The Morgan fingerprint density at radius 1 is 0.714 bits per heavy atom. The van der Waals surface area contributed by atoms with Gasteiger partial charge in [-0.15, -0.1) is 0 Å². The fraction of sp³-hybridized carbons (Fsp3) is 1.00. The molecule has 14 heavy (non-hydrogen) atoms. The fourth-order valence-electron chi connectivity index (χ4n) is 1.65. The van der Waals surface area contributed by atoms with Crippen molar-refractivity contribution >= 4 is 30.5 Å². The Morgan fingerprint density at radius 3 is 1.57 bits per heavy atom. The Labute approximate surface area is 107 Å². The fourth-order valence-corrected chi connectivity index (χ4v) is 3.09. The summed E-state index contributed by atoms with van der Waals surface area (Å²) in [5, 5.41) is 0. The van der Waals surface area contributed by atoms with Gasteiger partial charge in [0.25, 0.3) is 0 Å². The van der Waals surface area contributed by atoms with Gasteiger partial charge in [0, 0.05) is 0 Å². The summed E-state index contributed by atoms with van der Waals surface area (Å²) in [5.74, 6) is 1.38. The first-order chi connectivity index (χ1) is 6.91. The molecule has 0 saturated carbocycles. The summed E-state index contributed by atoms with van der Waals surface area (Å²) in [6, 6.07) is 0. The molecule has 0 saturated heterocycles. The van der Waals surface area contributed by atoms with Crippen molar-refractivity contribution in [2.75, 3.05) is 5.75 Å². The van der Waals surface area contributed by atoms with Crippen LogP contribution in [0.2, 0.25) is 0 Å². The molecule has 2 heteroatoms. The zero-order chi connectivity index (χ0) is 10.5. The van der Waals surface area contributed by atoms with Gasteiger partial charge in [-0.25, -0.2) is 0 Å². The van der Waals surface area contributed by atoms with E-state index in [9.17, 15) is 0 Å². The second-order valence-corrected chi connectivity index (χ2v) is 6.89. The SMILES string of the molecule is CCCCCCCCCCCC[S][Sb]. The molecule has 0 aliphatic heterocycles. The molecule has 0 aromatic rings. The molecular weight excluding hydrogens is 298 g/mol. The molecule has 0 aliphatic rings. The summed E-state index contributed by atoms with van der Waals surface area (Å²) in [6.45, 7) is 2.28. The monoisotopic (exact) mass is 322 g/mol. The third-order valence-corrected chi connectivity index (χ3v) is 4.62. The van der Waals surface area contributed by atoms with E-state index in [1.165, 1.54) is 70.0 Å². The number of unbranched alkanes of at least 4 members (excludes halogenated alkanes) is 9. The molecule has 0 nitrogen and oxygen atoms in total. The molecule has 0 aromatic carbocycles. The van der Waals surface area contributed by atoms with Crippen molar-refractivity contribution in [3.8, 4) is 0 Å². The van der Waals surface area contributed by atoms with Gasteiger partial charge in [0.05, 0.1) is 0 Å². The van der Waals surface area contributed by atoms with Gasteiger partial charge in [-0.3, -0.25) is 0 Å². The average molecular weight is 323 g/mol. The predicted octanol–water partition coefficient (Wildman–Crippen LogP) is 4.72. The number of hydrogen-bond donors (Lipinski definition) is 0. The molecule has 0 N–H and O–H groups in total. The van der Waals surface area contributed by atoms with Crippen LogP contribution in [-0.2, 0) is 0 Å². The number of hydrogen-bond acceptors (Lipinski definition) is 1. The Bertz CT molecular complexity index is 84.3. The minimum atomic E-state index is 1.37. The van der Waals surface area contributed by atoms with E-state index in [0.717, 1.165) is 0 Å². The molecule has 84 valence electrons. The van der Waals surface area contributed by atoms with Crippen LogP contribution in [-0.4, -0.2) is 27.4 Å². The molecule has 0 rings (SSSR count). The first kappa shape index (κ1) is 15.2. The van der Waals surface area contributed by atoms with Crippen LogP contribution in [0.1, 0.15) is 71.1 Å². The molecule has 0 unspecified atom stereocenters. The van der Waals surface area contributed by atoms with Crippen LogP contribution < -0.4 is 0 Å². The Kier molecular flexibility index (Phi) is 15.4. The van der Waals surface area contributed by atoms with E-state index in [0.29, 0.717) is 0 Å². The summed E-state index contributed by atoms with van der Waals surface area (Å²) in [6.07, 6.45) is 14.6. The summed E-state index contributed by atoms with van der Waals surface area (Å²) in [5.41, 5.74) is 0. The van der Waals surface area contributed by atoms with Gasteiger partial charge < -0.3 is 0 Å². The first-order valence-corrected chi connectivity index (χ1v) is 10.2. The summed E-state index contributed by atoms with van der Waals surface area (Å²) >= 11 is 1.89. The average Bonchev–Trinajstić information content (AvgIpc) is 2.21. The number of rotatable bonds is 11. The normalized spacial score (nSPS) is 10.7. The van der Waals surface area contributed by atoms with Gasteiger partial charge in [0.15, 0.2) is 0 Å². The third kappa shape index (κ3) is 13.2. The Morgan fingerprint density at radius 2 is 1.14 bits per heavy atom. The molecule has 0 amide bonds. The Hall–Kier alpha value is 1.17. The van der Waals surface area contributed by atoms with E-state index < -0.39 is 0 Å². The quantitative estimate of drug-likeness (QED) is 0.391. The summed E-state index contributed by atoms with van der Waals surface area (Å²) in [7, 11) is 2.03. The standard InChI is InChI=1S/C12H26S.Sb/c1-2-3-4-5-6-7-8-9-10-11-12-13;/h13H,2-12H2,1H3;/q;+1/p-1. The van der Waals surface area contributed by atoms with Crippen LogP contribution in [0.15, 0.2) is 0 Å². The van der Waals surface area contributed by atoms with E-state index in [4.69, 9.17) is 0 Å². The second kappa shape index (κ2) is 14.2. The van der Waals surface area contributed by atoms with Crippen LogP contribution in [0.4, 0.5) is 0 Å². The molecule has 0 heterocycles. The van der Waals surface area contributed by atoms with Crippen LogP contribution >= 0.6 is 8.85 Å². The maximum atomic E-state index is 2.28. The van der Waals surface area contributed by atoms with Crippen molar-refractivity contribution < 1.29 is 0 Å². The van der Waals surface area contributed by atoms with Gasteiger partial charge in [0.2, 0.25) is 0 Å². The third-order valence-electron chi connectivity index (χ3n) is 2.59. The summed E-state index contributed by atoms with van der Waals surface area (Å²) < 4.78 is 0. The molecule has 0 aliphatic carbocycles. The van der Waals surface area contributed by atoms with Crippen molar-refractivity contribution in [1.29, 1.82) is 0 Å². The van der Waals surface area contributed by atoms with Crippen molar-refractivity contribution in [3.63, 3.8) is 0 Å². The van der Waals surface area contributed by atoms with E-state index in [1.807, 2.05) is 30.5 Å². The molecule has 0 fully saturated rings. The molecule has 2 radical (unpaired) electrons. The van der Waals surface area contributed by atoms with Crippen molar-refractivity contribution in [3.05, 3.63) is 0 Å². The van der Waals surface area contributed by atoms with Crippen molar-refractivity contribution in [2.45, 2.75) is 71.1 Å². The van der Waals surface area contributed by atoms with Crippen LogP contribution in [0.25, 0.3) is 0 Å². The molecule has 0 bridgehead atoms. The van der Waals surface area contributed by atoms with Crippen LogP contribution in [0.5, 0.6) is 0 Å². The van der Waals surface area contributed by atoms with Gasteiger partial charge in [-0.1, -0.05) is 6.92 Å². The van der Waals surface area contributed by atoms with Crippen molar-refractivity contribution in [1.82, 2.24) is 0 Å². The minimum absolute atomic E-state index is 1.37. The predicted molar refractivity (Wildman–Crippen MR) is 70.1 cm³/mol. The van der Waals surface area contributed by atoms with E-state index in [1.54, 1.807) is 0 Å². The van der Waals surface area contributed by atoms with Gasteiger partial charge in [-0.05, 0) is 0 Å². The van der Waals surface area contributed by atoms with E-state index in [2.05, 4.69) is 6.92 Å². The van der Waals surface area contributed by atoms with Gasteiger partial charge in [-0.2, -0.15) is 0 Å². The zero-order valence-corrected chi connectivity index (χ0v) is 13.0. The van der Waals surface area contributed by atoms with Crippen molar-refractivity contribution in [2.24, 2.45) is 0 Å². The second-order valence-electron chi connectivity index (χ2n) is 4.02. The van der Waals surface area contributed by atoms with Crippen LogP contribution in [0, 0.1) is 0 Å².